The van der Waals surface area contributed by atoms with Crippen LogP contribution in [0.4, 0.5) is 23.8 Å². The maximum Gasteiger partial charge on any atom is 0.446 e. The van der Waals surface area contributed by atoms with Gasteiger partial charge in [-0.1, -0.05) is 0 Å². The molecule has 1 aromatic rings. The van der Waals surface area contributed by atoms with E-state index in [4.69, 9.17) is 10.5 Å². The molecule has 1 rings (SSSR count). The molecular formula is C10H12F3N3O3S. The van der Waals surface area contributed by atoms with Gasteiger partial charge in [-0.15, -0.1) is 4.68 Å². The maximum atomic E-state index is 12.4. The number of hydrogen-bond acceptors (Lipinski definition) is 6. The van der Waals surface area contributed by atoms with E-state index in [0.717, 1.165) is 0 Å². The number of alkyl halides is 3. The molecule has 20 heavy (non-hydrogen) atoms. The van der Waals surface area contributed by atoms with Crippen molar-refractivity contribution in [2.45, 2.75) is 36.8 Å². The molecule has 0 fully saturated rings. The van der Waals surface area contributed by atoms with Crippen molar-refractivity contribution in [3.63, 3.8) is 0 Å². The first-order valence-corrected chi connectivity index (χ1v) is 6.09. The van der Waals surface area contributed by atoms with E-state index >= 15 is 0 Å². The number of nitrogens with two attached hydrogens (primary N) is 1. The number of halogens is 3. The number of rotatable bonds is 2. The number of aromatic nitrogens is 2. The van der Waals surface area contributed by atoms with Crippen LogP contribution in [0.2, 0.25) is 0 Å². The Morgan fingerprint density at radius 3 is 2.35 bits per heavy atom. The highest BCUT2D eigenvalue weighted by molar-refractivity contribution is 8.00. The van der Waals surface area contributed by atoms with Crippen molar-refractivity contribution in [1.82, 2.24) is 9.78 Å². The first kappa shape index (κ1) is 16.3. The number of carbonyl (C=O) groups excluding carboxylic acids is 2. The number of nitrogen functional groups attached to an aromatic ring is 1. The summed E-state index contributed by atoms with van der Waals surface area (Å²) < 4.78 is 42.4. The minimum Gasteiger partial charge on any atom is -0.442 e. The molecule has 0 aliphatic heterocycles. The molecule has 2 N–H and O–H groups in total. The average Bonchev–Trinajstić information content (AvgIpc) is 2.52. The van der Waals surface area contributed by atoms with Crippen molar-refractivity contribution in [2.24, 2.45) is 0 Å². The van der Waals surface area contributed by atoms with Gasteiger partial charge < -0.3 is 10.5 Å². The van der Waals surface area contributed by atoms with Gasteiger partial charge in [-0.2, -0.15) is 18.3 Å². The topological polar surface area (TPSA) is 87.2 Å². The molecule has 0 aromatic carbocycles. The largest absolute Gasteiger partial charge is 0.446 e. The van der Waals surface area contributed by atoms with E-state index in [0.29, 0.717) is 4.68 Å². The smallest absolute Gasteiger partial charge is 0.442 e. The zero-order valence-electron chi connectivity index (χ0n) is 10.8. The normalized spacial score (nSPS) is 12.3. The van der Waals surface area contributed by atoms with Gasteiger partial charge in [-0.3, -0.25) is 4.79 Å². The Morgan fingerprint density at radius 2 is 1.95 bits per heavy atom. The van der Waals surface area contributed by atoms with Crippen LogP contribution in [0, 0.1) is 0 Å². The second-order valence-corrected chi connectivity index (χ2v) is 5.73. The molecule has 0 aliphatic rings. The van der Waals surface area contributed by atoms with Crippen molar-refractivity contribution < 1.29 is 27.5 Å². The fraction of sp³-hybridized carbons (Fsp3) is 0.500. The molecule has 0 atom stereocenters. The quantitative estimate of drug-likeness (QED) is 0.667. The number of ether oxygens (including phenoxy) is 1. The molecule has 1 aromatic heterocycles. The average molecular weight is 311 g/mol. The molecule has 0 amide bonds. The summed E-state index contributed by atoms with van der Waals surface area (Å²) in [4.78, 5) is 21.8. The fourth-order valence-corrected chi connectivity index (χ4v) is 1.79. The molecule has 0 bridgehead atoms. The molecule has 10 heteroatoms. The van der Waals surface area contributed by atoms with Crippen LogP contribution < -0.4 is 5.73 Å². The molecule has 0 saturated heterocycles. The third-order valence-electron chi connectivity index (χ3n) is 1.80. The van der Waals surface area contributed by atoms with Gasteiger partial charge in [0.15, 0.2) is 6.29 Å². The minimum absolute atomic E-state index is 0.0886. The number of nitrogens with zero attached hydrogens (tertiary/aromatic N) is 2. The van der Waals surface area contributed by atoms with Crippen molar-refractivity contribution >= 4 is 30.0 Å². The van der Waals surface area contributed by atoms with Gasteiger partial charge in [0, 0.05) is 0 Å². The molecule has 112 valence electrons. The molecule has 0 unspecified atom stereocenters. The SMILES string of the molecule is CC(C)(C)OC(=O)n1nc(C=O)c(SC(F)(F)F)c1N. The van der Waals surface area contributed by atoms with Crippen LogP contribution in [0.25, 0.3) is 0 Å². The van der Waals surface area contributed by atoms with Crippen LogP contribution >= 0.6 is 11.8 Å². The van der Waals surface area contributed by atoms with Gasteiger partial charge in [0.1, 0.15) is 17.1 Å². The lowest BCUT2D eigenvalue weighted by Crippen LogP contribution is -2.28. The summed E-state index contributed by atoms with van der Waals surface area (Å²) in [5.41, 5.74) is -0.687. The summed E-state index contributed by atoms with van der Waals surface area (Å²) in [5.74, 6) is -0.594. The molecule has 0 radical (unpaired) electrons. The molecular weight excluding hydrogens is 299 g/mol. The van der Waals surface area contributed by atoms with E-state index in [2.05, 4.69) is 5.10 Å². The third kappa shape index (κ3) is 4.15. The minimum atomic E-state index is -4.66. The summed E-state index contributed by atoms with van der Waals surface area (Å²) in [5, 5.41) is 3.42. The van der Waals surface area contributed by atoms with Gasteiger partial charge in [0.2, 0.25) is 0 Å². The predicted octanol–water partition coefficient (Wildman–Crippen LogP) is 2.67. The zero-order chi connectivity index (χ0) is 15.7. The Kier molecular flexibility index (Phi) is 4.37. The molecule has 0 aliphatic carbocycles. The van der Waals surface area contributed by atoms with Crippen LogP contribution in [0.5, 0.6) is 0 Å². The number of thioether (sulfide) groups is 1. The van der Waals surface area contributed by atoms with Crippen molar-refractivity contribution in [3.8, 4) is 0 Å². The highest BCUT2D eigenvalue weighted by atomic mass is 32.2. The first-order valence-electron chi connectivity index (χ1n) is 5.27. The molecule has 6 nitrogen and oxygen atoms in total. The third-order valence-corrected chi connectivity index (χ3v) is 2.65. The maximum absolute atomic E-state index is 12.4. The summed E-state index contributed by atoms with van der Waals surface area (Å²) in [6.07, 6.45) is -0.974. The second-order valence-electron chi connectivity index (χ2n) is 4.66. The number of aldehydes is 1. The second kappa shape index (κ2) is 5.35. The van der Waals surface area contributed by atoms with E-state index in [1.54, 1.807) is 20.8 Å². The lowest BCUT2D eigenvalue weighted by atomic mass is 10.2. The predicted molar refractivity (Wildman–Crippen MR) is 65.6 cm³/mol. The fourth-order valence-electron chi connectivity index (χ4n) is 1.18. The van der Waals surface area contributed by atoms with Gasteiger partial charge in [0.05, 0.1) is 4.90 Å². The molecule has 0 saturated carbocycles. The summed E-state index contributed by atoms with van der Waals surface area (Å²) >= 11 is -0.613. The number of carbonyl (C=O) groups is 2. The van der Waals surface area contributed by atoms with Crippen molar-refractivity contribution in [1.29, 1.82) is 0 Å². The summed E-state index contributed by atoms with van der Waals surface area (Å²) in [6.45, 7) is 4.70. The van der Waals surface area contributed by atoms with Gasteiger partial charge in [-0.05, 0) is 32.5 Å². The van der Waals surface area contributed by atoms with Crippen molar-refractivity contribution in [2.75, 3.05) is 5.73 Å². The number of hydrogen-bond donors (Lipinski definition) is 1. The van der Waals surface area contributed by atoms with E-state index < -0.39 is 45.4 Å². The zero-order valence-corrected chi connectivity index (χ0v) is 11.6. The molecule has 0 spiro atoms. The van der Waals surface area contributed by atoms with Gasteiger partial charge in [-0.25, -0.2) is 4.79 Å². The van der Waals surface area contributed by atoms with E-state index in [-0.39, 0.29) is 6.29 Å². The summed E-state index contributed by atoms with van der Waals surface area (Å²) in [6, 6.07) is 0. The lowest BCUT2D eigenvalue weighted by Gasteiger charge is -2.19. The van der Waals surface area contributed by atoms with Crippen LogP contribution in [-0.4, -0.2) is 33.3 Å². The summed E-state index contributed by atoms with van der Waals surface area (Å²) in [7, 11) is 0. The Labute approximate surface area is 116 Å². The Balaban J connectivity index is 3.18. The van der Waals surface area contributed by atoms with Crippen LogP contribution in [0.15, 0.2) is 4.90 Å². The van der Waals surface area contributed by atoms with Crippen LogP contribution in [0.1, 0.15) is 31.3 Å². The lowest BCUT2D eigenvalue weighted by molar-refractivity contribution is -0.0328. The highest BCUT2D eigenvalue weighted by Gasteiger charge is 2.35. The number of anilines is 1. The Hall–Kier alpha value is -1.71. The molecule has 1 heterocycles. The van der Waals surface area contributed by atoms with Gasteiger partial charge in [0.25, 0.3) is 0 Å². The van der Waals surface area contributed by atoms with Gasteiger partial charge >= 0.3 is 11.6 Å². The Bertz CT molecular complexity index is 534. The monoisotopic (exact) mass is 311 g/mol. The standard InChI is InChI=1S/C10H12F3N3O3S/c1-9(2,3)19-8(18)16-7(14)6(5(4-17)15-16)20-10(11,12)13/h4H,14H2,1-3H3. The van der Waals surface area contributed by atoms with Crippen LogP contribution in [0.3, 0.4) is 0 Å². The first-order chi connectivity index (χ1) is 8.94. The van der Waals surface area contributed by atoms with Crippen LogP contribution in [-0.2, 0) is 4.74 Å². The van der Waals surface area contributed by atoms with E-state index in [1.807, 2.05) is 0 Å². The highest BCUT2D eigenvalue weighted by Crippen LogP contribution is 2.41. The Morgan fingerprint density at radius 1 is 1.40 bits per heavy atom. The van der Waals surface area contributed by atoms with E-state index in [9.17, 15) is 22.8 Å². The van der Waals surface area contributed by atoms with E-state index in [1.165, 1.54) is 0 Å². The van der Waals surface area contributed by atoms with Crippen molar-refractivity contribution in [3.05, 3.63) is 5.69 Å².